The van der Waals surface area contributed by atoms with Gasteiger partial charge in [0, 0.05) is 13.1 Å². The van der Waals surface area contributed by atoms with Crippen molar-refractivity contribution in [1.82, 2.24) is 4.90 Å². The van der Waals surface area contributed by atoms with Crippen molar-refractivity contribution in [3.63, 3.8) is 0 Å². The molecule has 0 radical (unpaired) electrons. The molecule has 3 rings (SSSR count). The minimum absolute atomic E-state index is 0.296. The molecule has 144 valence electrons. The minimum atomic E-state index is -0.296. The highest BCUT2D eigenvalue weighted by Crippen LogP contribution is 2.13. The molecule has 0 aromatic heterocycles. The first-order valence-corrected chi connectivity index (χ1v) is 9.72. The molecule has 28 heavy (non-hydrogen) atoms. The zero-order valence-corrected chi connectivity index (χ0v) is 16.4. The number of methoxy groups -OCH3 is 1. The van der Waals surface area contributed by atoms with Gasteiger partial charge in [0.15, 0.2) is 0 Å². The van der Waals surface area contributed by atoms with Crippen LogP contribution in [0.2, 0.25) is 0 Å². The Morgan fingerprint density at radius 3 is 1.86 bits per heavy atom. The van der Waals surface area contributed by atoms with E-state index < -0.39 is 0 Å². The SMILES string of the molecule is COC(=O)c1ccc(CN(CCCc2ccccc2)Cc2ccccc2)cc1. The zero-order chi connectivity index (χ0) is 19.6. The third-order valence-electron chi connectivity index (χ3n) is 4.81. The maximum atomic E-state index is 11.6. The molecule has 0 heterocycles. The van der Waals surface area contributed by atoms with Gasteiger partial charge in [-0.15, -0.1) is 0 Å². The van der Waals surface area contributed by atoms with Crippen molar-refractivity contribution in [2.45, 2.75) is 25.9 Å². The van der Waals surface area contributed by atoms with E-state index >= 15 is 0 Å². The molecule has 0 aliphatic carbocycles. The van der Waals surface area contributed by atoms with Crippen LogP contribution in [0, 0.1) is 0 Å². The summed E-state index contributed by atoms with van der Waals surface area (Å²) in [7, 11) is 1.41. The van der Waals surface area contributed by atoms with Crippen molar-refractivity contribution in [1.29, 1.82) is 0 Å². The summed E-state index contributed by atoms with van der Waals surface area (Å²) in [5.41, 5.74) is 4.48. The first-order chi connectivity index (χ1) is 13.7. The molecule has 0 fully saturated rings. The van der Waals surface area contributed by atoms with Crippen molar-refractivity contribution in [3.8, 4) is 0 Å². The van der Waals surface area contributed by atoms with Crippen LogP contribution in [0.25, 0.3) is 0 Å². The average molecular weight is 373 g/mol. The molecular weight excluding hydrogens is 346 g/mol. The second-order valence-corrected chi connectivity index (χ2v) is 6.97. The minimum Gasteiger partial charge on any atom is -0.465 e. The van der Waals surface area contributed by atoms with E-state index in [1.807, 2.05) is 24.3 Å². The van der Waals surface area contributed by atoms with Gasteiger partial charge in [0.25, 0.3) is 0 Å². The summed E-state index contributed by atoms with van der Waals surface area (Å²) in [6, 6.07) is 28.9. The Labute approximate surface area is 167 Å². The molecular formula is C25H27NO2. The molecule has 0 atom stereocenters. The van der Waals surface area contributed by atoms with Crippen molar-refractivity contribution in [2.24, 2.45) is 0 Å². The van der Waals surface area contributed by atoms with Crippen LogP contribution in [-0.2, 0) is 24.2 Å². The molecule has 3 nitrogen and oxygen atoms in total. The van der Waals surface area contributed by atoms with Gasteiger partial charge in [-0.3, -0.25) is 4.90 Å². The number of carbonyl (C=O) groups is 1. The molecule has 0 spiro atoms. The predicted octanol–water partition coefficient (Wildman–Crippen LogP) is 5.11. The molecule has 0 aliphatic heterocycles. The van der Waals surface area contributed by atoms with E-state index in [-0.39, 0.29) is 5.97 Å². The van der Waals surface area contributed by atoms with Crippen LogP contribution in [0.5, 0.6) is 0 Å². The molecule has 0 unspecified atom stereocenters. The molecule has 0 saturated heterocycles. The third-order valence-corrected chi connectivity index (χ3v) is 4.81. The van der Waals surface area contributed by atoms with Crippen LogP contribution in [0.3, 0.4) is 0 Å². The number of carbonyl (C=O) groups excluding carboxylic acids is 1. The lowest BCUT2D eigenvalue weighted by atomic mass is 10.1. The van der Waals surface area contributed by atoms with Gasteiger partial charge in [-0.2, -0.15) is 0 Å². The van der Waals surface area contributed by atoms with Crippen LogP contribution in [0.4, 0.5) is 0 Å². The van der Waals surface area contributed by atoms with Crippen molar-refractivity contribution in [3.05, 3.63) is 107 Å². The van der Waals surface area contributed by atoms with Gasteiger partial charge < -0.3 is 4.74 Å². The number of rotatable bonds is 9. The smallest absolute Gasteiger partial charge is 0.337 e. The van der Waals surface area contributed by atoms with Gasteiger partial charge in [-0.05, 0) is 48.2 Å². The van der Waals surface area contributed by atoms with Gasteiger partial charge in [-0.25, -0.2) is 4.79 Å². The fourth-order valence-corrected chi connectivity index (χ4v) is 3.33. The number of esters is 1. The highest BCUT2D eigenvalue weighted by molar-refractivity contribution is 5.89. The van der Waals surface area contributed by atoms with E-state index in [4.69, 9.17) is 4.74 Å². The van der Waals surface area contributed by atoms with Crippen molar-refractivity contribution < 1.29 is 9.53 Å². The topological polar surface area (TPSA) is 29.5 Å². The van der Waals surface area contributed by atoms with E-state index in [2.05, 4.69) is 65.6 Å². The molecule has 0 aliphatic rings. The van der Waals surface area contributed by atoms with Gasteiger partial charge in [0.05, 0.1) is 12.7 Å². The Morgan fingerprint density at radius 2 is 1.29 bits per heavy atom. The molecule has 3 aromatic carbocycles. The first-order valence-electron chi connectivity index (χ1n) is 9.72. The van der Waals surface area contributed by atoms with E-state index in [0.29, 0.717) is 5.56 Å². The predicted molar refractivity (Wildman–Crippen MR) is 113 cm³/mol. The van der Waals surface area contributed by atoms with Crippen LogP contribution in [0.1, 0.15) is 33.5 Å². The van der Waals surface area contributed by atoms with Gasteiger partial charge in [0.2, 0.25) is 0 Å². The molecule has 3 aromatic rings. The summed E-state index contributed by atoms with van der Waals surface area (Å²) >= 11 is 0. The monoisotopic (exact) mass is 373 g/mol. The van der Waals surface area contributed by atoms with Gasteiger partial charge in [-0.1, -0.05) is 72.8 Å². The van der Waals surface area contributed by atoms with E-state index in [9.17, 15) is 4.79 Å². The average Bonchev–Trinajstić information content (AvgIpc) is 2.75. The second kappa shape index (κ2) is 10.4. The van der Waals surface area contributed by atoms with Gasteiger partial charge >= 0.3 is 5.97 Å². The number of ether oxygens (including phenoxy) is 1. The lowest BCUT2D eigenvalue weighted by Crippen LogP contribution is -2.24. The Hall–Kier alpha value is -2.91. The Kier molecular flexibility index (Phi) is 7.39. The van der Waals surface area contributed by atoms with E-state index in [1.54, 1.807) is 0 Å². The number of benzene rings is 3. The summed E-state index contributed by atoms with van der Waals surface area (Å²) < 4.78 is 4.78. The maximum Gasteiger partial charge on any atom is 0.337 e. The number of hydrogen-bond donors (Lipinski definition) is 0. The standard InChI is InChI=1S/C25H27NO2/c1-28-25(27)24-16-14-23(15-17-24)20-26(19-22-11-6-3-7-12-22)18-8-13-21-9-4-2-5-10-21/h2-7,9-12,14-17H,8,13,18-20H2,1H3. The normalized spacial score (nSPS) is 10.8. The highest BCUT2D eigenvalue weighted by Gasteiger charge is 2.09. The van der Waals surface area contributed by atoms with Crippen LogP contribution in [0.15, 0.2) is 84.9 Å². The molecule has 0 saturated carbocycles. The van der Waals surface area contributed by atoms with Crippen LogP contribution in [-0.4, -0.2) is 24.5 Å². The molecule has 0 amide bonds. The van der Waals surface area contributed by atoms with Crippen LogP contribution >= 0.6 is 0 Å². The second-order valence-electron chi connectivity index (χ2n) is 6.97. The lowest BCUT2D eigenvalue weighted by molar-refractivity contribution is 0.0600. The van der Waals surface area contributed by atoms with Crippen molar-refractivity contribution in [2.75, 3.05) is 13.7 Å². The zero-order valence-electron chi connectivity index (χ0n) is 16.4. The fraction of sp³-hybridized carbons (Fsp3) is 0.240. The number of aryl methyl sites for hydroxylation is 1. The third kappa shape index (κ3) is 6.07. The number of nitrogens with zero attached hydrogens (tertiary/aromatic N) is 1. The fourth-order valence-electron chi connectivity index (χ4n) is 3.33. The largest absolute Gasteiger partial charge is 0.465 e. The number of hydrogen-bond acceptors (Lipinski definition) is 3. The van der Waals surface area contributed by atoms with Gasteiger partial charge in [0.1, 0.15) is 0 Å². The van der Waals surface area contributed by atoms with Crippen molar-refractivity contribution >= 4 is 5.97 Å². The Balaban J connectivity index is 1.64. The summed E-state index contributed by atoms with van der Waals surface area (Å²) in [5, 5.41) is 0. The van der Waals surface area contributed by atoms with Crippen LogP contribution < -0.4 is 0 Å². The summed E-state index contributed by atoms with van der Waals surface area (Å²) in [5.74, 6) is -0.296. The molecule has 0 N–H and O–H groups in total. The first kappa shape index (κ1) is 19.8. The summed E-state index contributed by atoms with van der Waals surface area (Å²) in [4.78, 5) is 14.1. The van der Waals surface area contributed by atoms with E-state index in [0.717, 1.165) is 32.5 Å². The quantitative estimate of drug-likeness (QED) is 0.488. The molecule has 3 heteroatoms. The molecule has 0 bridgehead atoms. The Morgan fingerprint density at radius 1 is 0.750 bits per heavy atom. The maximum absolute atomic E-state index is 11.6. The summed E-state index contributed by atoms with van der Waals surface area (Å²) in [6.07, 6.45) is 2.19. The lowest BCUT2D eigenvalue weighted by Gasteiger charge is -2.23. The Bertz CT molecular complexity index is 845. The van der Waals surface area contributed by atoms with E-state index in [1.165, 1.54) is 23.8 Å². The summed E-state index contributed by atoms with van der Waals surface area (Å²) in [6.45, 7) is 2.78. The highest BCUT2D eigenvalue weighted by atomic mass is 16.5.